The minimum atomic E-state index is -0.577. The molecule has 1 heterocycles. The predicted molar refractivity (Wildman–Crippen MR) is 78.3 cm³/mol. The Morgan fingerprint density at radius 2 is 2.00 bits per heavy atom. The van der Waals surface area contributed by atoms with Gasteiger partial charge in [0.15, 0.2) is 10.6 Å². The van der Waals surface area contributed by atoms with Gasteiger partial charge in [0.25, 0.3) is 0 Å². The van der Waals surface area contributed by atoms with E-state index in [0.29, 0.717) is 21.7 Å². The van der Waals surface area contributed by atoms with Gasteiger partial charge in [-0.25, -0.2) is 8.78 Å². The number of nitrogens with zero attached hydrogens (tertiary/aromatic N) is 1. The van der Waals surface area contributed by atoms with Gasteiger partial charge in [-0.3, -0.25) is 0 Å². The second-order valence-corrected chi connectivity index (χ2v) is 6.24. The Labute approximate surface area is 121 Å². The highest BCUT2D eigenvalue weighted by molar-refractivity contribution is 7.71. The summed E-state index contributed by atoms with van der Waals surface area (Å²) in [5.41, 5.74) is 0.862. The monoisotopic (exact) mass is 296 g/mol. The van der Waals surface area contributed by atoms with E-state index in [-0.39, 0.29) is 6.04 Å². The largest absolute Gasteiger partial charge is 0.328 e. The first-order valence-corrected chi connectivity index (χ1v) is 7.56. The molecule has 2 unspecified atom stereocenters. The fourth-order valence-corrected chi connectivity index (χ4v) is 3.59. The number of H-pyrrole nitrogens is 1. The molecule has 0 bridgehead atoms. The summed E-state index contributed by atoms with van der Waals surface area (Å²) in [7, 11) is 0. The summed E-state index contributed by atoms with van der Waals surface area (Å²) in [5.74, 6) is -0.417. The minimum absolute atomic E-state index is 0.238. The molecular formula is C15H18F2N2S. The number of aromatic amines is 1. The third-order valence-electron chi connectivity index (χ3n) is 4.34. The molecule has 108 valence electrons. The van der Waals surface area contributed by atoms with E-state index in [1.165, 1.54) is 12.5 Å². The standard InChI is InChI=1S/C15H18F2N2S/c1-9-3-2-4-11(6-5-9)19-13-8-10(16)7-12(17)14(13)18-15(19)20/h7-9,11H,2-6H2,1H3,(H,18,20). The topological polar surface area (TPSA) is 20.7 Å². The predicted octanol–water partition coefficient (Wildman–Crippen LogP) is 5.12. The zero-order chi connectivity index (χ0) is 14.3. The molecule has 1 aromatic carbocycles. The number of imidazole rings is 1. The van der Waals surface area contributed by atoms with Crippen molar-refractivity contribution in [3.63, 3.8) is 0 Å². The normalized spacial score (nSPS) is 23.9. The van der Waals surface area contributed by atoms with E-state index < -0.39 is 11.6 Å². The van der Waals surface area contributed by atoms with Gasteiger partial charge in [-0.2, -0.15) is 0 Å². The van der Waals surface area contributed by atoms with Crippen LogP contribution in [-0.2, 0) is 0 Å². The molecule has 1 N–H and O–H groups in total. The number of rotatable bonds is 1. The quantitative estimate of drug-likeness (QED) is 0.572. The van der Waals surface area contributed by atoms with Gasteiger partial charge in [0.05, 0.1) is 5.52 Å². The van der Waals surface area contributed by atoms with Crippen molar-refractivity contribution in [1.82, 2.24) is 9.55 Å². The Balaban J connectivity index is 2.11. The zero-order valence-corrected chi connectivity index (χ0v) is 12.3. The van der Waals surface area contributed by atoms with Gasteiger partial charge >= 0.3 is 0 Å². The fraction of sp³-hybridized carbons (Fsp3) is 0.533. The van der Waals surface area contributed by atoms with Crippen LogP contribution in [0.1, 0.15) is 45.1 Å². The van der Waals surface area contributed by atoms with E-state index in [4.69, 9.17) is 12.2 Å². The third kappa shape index (κ3) is 2.39. The van der Waals surface area contributed by atoms with Crippen LogP contribution < -0.4 is 0 Å². The first-order valence-electron chi connectivity index (χ1n) is 7.15. The summed E-state index contributed by atoms with van der Waals surface area (Å²) in [6, 6.07) is 2.51. The van der Waals surface area contributed by atoms with Crippen molar-refractivity contribution in [2.45, 2.75) is 45.1 Å². The maximum atomic E-state index is 13.8. The highest BCUT2D eigenvalue weighted by Crippen LogP contribution is 2.33. The number of fused-ring (bicyclic) bond motifs is 1. The van der Waals surface area contributed by atoms with Gasteiger partial charge in [0.2, 0.25) is 0 Å². The van der Waals surface area contributed by atoms with Crippen molar-refractivity contribution in [2.75, 3.05) is 0 Å². The summed E-state index contributed by atoms with van der Waals surface area (Å²) in [4.78, 5) is 2.89. The molecule has 20 heavy (non-hydrogen) atoms. The van der Waals surface area contributed by atoms with Gasteiger partial charge in [-0.15, -0.1) is 0 Å². The Morgan fingerprint density at radius 1 is 1.20 bits per heavy atom. The van der Waals surface area contributed by atoms with Gasteiger partial charge in [-0.05, 0) is 43.5 Å². The third-order valence-corrected chi connectivity index (χ3v) is 4.64. The molecule has 1 aliphatic carbocycles. The second kappa shape index (κ2) is 5.28. The van der Waals surface area contributed by atoms with E-state index in [0.717, 1.165) is 31.7 Å². The second-order valence-electron chi connectivity index (χ2n) is 5.85. The highest BCUT2D eigenvalue weighted by Gasteiger charge is 2.21. The molecule has 1 aromatic heterocycles. The molecule has 5 heteroatoms. The van der Waals surface area contributed by atoms with Gasteiger partial charge in [0, 0.05) is 12.1 Å². The SMILES string of the molecule is CC1CCCC(n2c(=S)[nH]c3c(F)cc(F)cc32)CC1. The number of halogens is 2. The number of hydrogen-bond donors (Lipinski definition) is 1. The lowest BCUT2D eigenvalue weighted by Crippen LogP contribution is -2.08. The molecule has 1 aliphatic rings. The van der Waals surface area contributed by atoms with Crippen LogP contribution >= 0.6 is 12.2 Å². The summed E-state index contributed by atoms with van der Waals surface area (Å²) in [6.45, 7) is 2.26. The van der Waals surface area contributed by atoms with Crippen molar-refractivity contribution >= 4 is 23.3 Å². The van der Waals surface area contributed by atoms with Crippen LogP contribution in [0.4, 0.5) is 8.78 Å². The van der Waals surface area contributed by atoms with Crippen molar-refractivity contribution in [3.8, 4) is 0 Å². The van der Waals surface area contributed by atoms with E-state index in [1.54, 1.807) is 0 Å². The summed E-state index contributed by atoms with van der Waals surface area (Å²) in [6.07, 6.45) is 5.52. The highest BCUT2D eigenvalue weighted by atomic mass is 32.1. The van der Waals surface area contributed by atoms with Gasteiger partial charge < -0.3 is 9.55 Å². The molecule has 0 radical (unpaired) electrons. The van der Waals surface area contributed by atoms with Crippen molar-refractivity contribution in [3.05, 3.63) is 28.5 Å². The molecule has 0 amide bonds. The maximum Gasteiger partial charge on any atom is 0.178 e. The summed E-state index contributed by atoms with van der Waals surface area (Å²) in [5, 5.41) is 0. The first kappa shape index (κ1) is 13.7. The zero-order valence-electron chi connectivity index (χ0n) is 11.5. The number of nitrogens with one attached hydrogen (secondary N) is 1. The van der Waals surface area contributed by atoms with Crippen LogP contribution in [0.3, 0.4) is 0 Å². The molecule has 1 fully saturated rings. The number of benzene rings is 1. The molecule has 3 rings (SSSR count). The van der Waals surface area contributed by atoms with Crippen molar-refractivity contribution in [2.24, 2.45) is 5.92 Å². The molecule has 0 aliphatic heterocycles. The molecule has 2 atom stereocenters. The lowest BCUT2D eigenvalue weighted by atomic mass is 10.0. The van der Waals surface area contributed by atoms with Crippen LogP contribution in [-0.4, -0.2) is 9.55 Å². The van der Waals surface area contributed by atoms with Gasteiger partial charge in [-0.1, -0.05) is 19.8 Å². The molecule has 2 nitrogen and oxygen atoms in total. The van der Waals surface area contributed by atoms with Crippen LogP contribution in [0.15, 0.2) is 12.1 Å². The Kier molecular flexibility index (Phi) is 3.63. The fourth-order valence-electron chi connectivity index (χ4n) is 3.24. The van der Waals surface area contributed by atoms with Crippen LogP contribution in [0.5, 0.6) is 0 Å². The smallest absolute Gasteiger partial charge is 0.178 e. The minimum Gasteiger partial charge on any atom is -0.328 e. The molecule has 1 saturated carbocycles. The Morgan fingerprint density at radius 3 is 2.80 bits per heavy atom. The Bertz CT molecular complexity index is 689. The van der Waals surface area contributed by atoms with Gasteiger partial charge in [0.1, 0.15) is 11.3 Å². The van der Waals surface area contributed by atoms with Crippen LogP contribution in [0.2, 0.25) is 0 Å². The molecule has 2 aromatic rings. The Hall–Kier alpha value is -1.23. The van der Waals surface area contributed by atoms with Crippen LogP contribution in [0, 0.1) is 22.3 Å². The molecular weight excluding hydrogens is 278 g/mol. The number of aromatic nitrogens is 2. The van der Waals surface area contributed by atoms with Crippen molar-refractivity contribution < 1.29 is 8.78 Å². The van der Waals surface area contributed by atoms with E-state index in [1.807, 2.05) is 4.57 Å². The molecule has 0 spiro atoms. The first-order chi connectivity index (χ1) is 9.56. The summed E-state index contributed by atoms with van der Waals surface area (Å²) >= 11 is 5.33. The lowest BCUT2D eigenvalue weighted by molar-refractivity contribution is 0.437. The van der Waals surface area contributed by atoms with E-state index in [2.05, 4.69) is 11.9 Å². The number of hydrogen-bond acceptors (Lipinski definition) is 1. The van der Waals surface area contributed by atoms with Crippen molar-refractivity contribution in [1.29, 1.82) is 0 Å². The average Bonchev–Trinajstić information content (AvgIpc) is 2.56. The van der Waals surface area contributed by atoms with E-state index in [9.17, 15) is 8.78 Å². The maximum absolute atomic E-state index is 13.8. The lowest BCUT2D eigenvalue weighted by Gasteiger charge is -2.17. The summed E-state index contributed by atoms with van der Waals surface area (Å²) < 4.78 is 29.7. The van der Waals surface area contributed by atoms with Crippen LogP contribution in [0.25, 0.3) is 11.0 Å². The average molecular weight is 296 g/mol. The van der Waals surface area contributed by atoms with E-state index >= 15 is 0 Å². The molecule has 0 saturated heterocycles.